The van der Waals surface area contributed by atoms with E-state index in [0.29, 0.717) is 22.0 Å². The van der Waals surface area contributed by atoms with Gasteiger partial charge in [0.05, 0.1) is 18.4 Å². The molecule has 1 amide bonds. The van der Waals surface area contributed by atoms with Crippen LogP contribution in [0.15, 0.2) is 42.5 Å². The van der Waals surface area contributed by atoms with Crippen molar-refractivity contribution in [3.05, 3.63) is 53.1 Å². The number of likely N-dealkylation sites (N-methyl/N-ethyl adjacent to an activating group) is 2. The lowest BCUT2D eigenvalue weighted by Crippen LogP contribution is -2.29. The Balaban J connectivity index is 2.23. The molecule has 0 radical (unpaired) electrons. The molecule has 1 N–H and O–H groups in total. The number of halogens is 1. The molecule has 0 saturated carbocycles. The van der Waals surface area contributed by atoms with Crippen LogP contribution in [0.2, 0.25) is 5.02 Å². The normalized spacial score (nSPS) is 10.6. The zero-order chi connectivity index (χ0) is 18.4. The Morgan fingerprint density at radius 1 is 1.08 bits per heavy atom. The average Bonchev–Trinajstić information content (AvgIpc) is 2.60. The summed E-state index contributed by atoms with van der Waals surface area (Å²) < 4.78 is 5.55. The lowest BCUT2D eigenvalue weighted by atomic mass is 10.1. The van der Waals surface area contributed by atoms with E-state index in [2.05, 4.69) is 15.1 Å². The summed E-state index contributed by atoms with van der Waals surface area (Å²) in [6, 6.07) is 12.6. The molecule has 0 aliphatic carbocycles. The van der Waals surface area contributed by atoms with Crippen molar-refractivity contribution >= 4 is 28.9 Å². The lowest BCUT2D eigenvalue weighted by Gasteiger charge is -2.24. The van der Waals surface area contributed by atoms with Crippen LogP contribution in [0.25, 0.3) is 0 Å². The molecule has 0 spiro atoms. The van der Waals surface area contributed by atoms with E-state index >= 15 is 0 Å². The van der Waals surface area contributed by atoms with Crippen LogP contribution in [0, 0.1) is 0 Å². The minimum Gasteiger partial charge on any atom is -0.494 e. The number of para-hydroxylation sites is 1. The third-order valence-corrected chi connectivity index (χ3v) is 4.09. The minimum atomic E-state index is -0.220. The monoisotopic (exact) mass is 361 g/mol. The quantitative estimate of drug-likeness (QED) is 0.818. The maximum Gasteiger partial charge on any atom is 0.259 e. The fraction of sp³-hybridized carbons (Fsp3) is 0.316. The molecule has 0 aliphatic rings. The largest absolute Gasteiger partial charge is 0.494 e. The van der Waals surface area contributed by atoms with Gasteiger partial charge in [0.25, 0.3) is 5.91 Å². The molecule has 5 nitrogen and oxygen atoms in total. The van der Waals surface area contributed by atoms with Gasteiger partial charge in [-0.15, -0.1) is 0 Å². The van der Waals surface area contributed by atoms with Crippen LogP contribution in [0.4, 0.5) is 11.4 Å². The molecule has 0 bridgehead atoms. The number of hydrogen-bond acceptors (Lipinski definition) is 4. The van der Waals surface area contributed by atoms with Crippen LogP contribution in [-0.2, 0) is 0 Å². The predicted molar refractivity (Wildman–Crippen MR) is 104 cm³/mol. The first-order valence-electron chi connectivity index (χ1n) is 8.02. The van der Waals surface area contributed by atoms with Gasteiger partial charge in [-0.05, 0) is 50.5 Å². The van der Waals surface area contributed by atoms with E-state index in [1.165, 1.54) is 0 Å². The van der Waals surface area contributed by atoms with E-state index < -0.39 is 0 Å². The van der Waals surface area contributed by atoms with Gasteiger partial charge < -0.3 is 19.9 Å². The number of hydrogen-bond donors (Lipinski definition) is 1. The molecule has 0 saturated heterocycles. The first kappa shape index (κ1) is 19.1. The summed E-state index contributed by atoms with van der Waals surface area (Å²) in [5, 5.41) is 3.50. The predicted octanol–water partition coefficient (Wildman–Crippen LogP) is 3.60. The highest BCUT2D eigenvalue weighted by atomic mass is 35.5. The van der Waals surface area contributed by atoms with Gasteiger partial charge in [0.1, 0.15) is 0 Å². The molecule has 25 heavy (non-hydrogen) atoms. The van der Waals surface area contributed by atoms with Crippen LogP contribution in [0.1, 0.15) is 10.4 Å². The molecule has 2 aromatic carbocycles. The van der Waals surface area contributed by atoms with Gasteiger partial charge in [0, 0.05) is 30.8 Å². The molecule has 0 fully saturated rings. The van der Waals surface area contributed by atoms with Crippen molar-refractivity contribution in [2.75, 3.05) is 51.6 Å². The molecule has 2 rings (SSSR count). The highest BCUT2D eigenvalue weighted by Crippen LogP contribution is 2.32. The van der Waals surface area contributed by atoms with E-state index in [-0.39, 0.29) is 5.91 Å². The molecule has 0 aliphatic heterocycles. The van der Waals surface area contributed by atoms with Gasteiger partial charge in [-0.3, -0.25) is 4.79 Å². The number of nitrogens with one attached hydrogen (secondary N) is 1. The Labute approximate surface area is 154 Å². The smallest absolute Gasteiger partial charge is 0.259 e. The molecule has 6 heteroatoms. The number of carbonyl (C=O) groups is 1. The van der Waals surface area contributed by atoms with E-state index in [1.54, 1.807) is 37.4 Å². The number of benzene rings is 2. The highest BCUT2D eigenvalue weighted by Gasteiger charge is 2.18. The minimum absolute atomic E-state index is 0.220. The van der Waals surface area contributed by atoms with Crippen molar-refractivity contribution in [1.82, 2.24) is 4.90 Å². The summed E-state index contributed by atoms with van der Waals surface area (Å²) in [5.41, 5.74) is 2.06. The van der Waals surface area contributed by atoms with Gasteiger partial charge in [0.15, 0.2) is 5.75 Å². The topological polar surface area (TPSA) is 44.8 Å². The van der Waals surface area contributed by atoms with Gasteiger partial charge in [0.2, 0.25) is 0 Å². The van der Waals surface area contributed by atoms with Crippen LogP contribution >= 0.6 is 11.6 Å². The van der Waals surface area contributed by atoms with E-state index in [1.807, 2.05) is 33.3 Å². The van der Waals surface area contributed by atoms with Gasteiger partial charge in [-0.1, -0.05) is 17.7 Å². The second-order valence-electron chi connectivity index (χ2n) is 6.04. The van der Waals surface area contributed by atoms with Crippen molar-refractivity contribution in [3.63, 3.8) is 0 Å². The first-order valence-corrected chi connectivity index (χ1v) is 8.40. The van der Waals surface area contributed by atoms with Crippen LogP contribution in [-0.4, -0.2) is 52.1 Å². The number of methoxy groups -OCH3 is 1. The van der Waals surface area contributed by atoms with E-state index in [9.17, 15) is 4.79 Å². The molecule has 0 unspecified atom stereocenters. The summed E-state index contributed by atoms with van der Waals surface area (Å²) in [7, 11) is 7.63. The Morgan fingerprint density at radius 2 is 1.76 bits per heavy atom. The standard InChI is InChI=1S/C19H24ClN3O2/c1-22(2)12-13-23(3)17-7-5-6-16(18(17)25-4)19(24)21-15-10-8-14(20)9-11-15/h5-11H,12-13H2,1-4H3,(H,21,24). The van der Waals surface area contributed by atoms with Crippen molar-refractivity contribution in [1.29, 1.82) is 0 Å². The van der Waals surface area contributed by atoms with Crippen LogP contribution < -0.4 is 15.0 Å². The number of ether oxygens (including phenoxy) is 1. The molecule has 134 valence electrons. The van der Waals surface area contributed by atoms with Crippen molar-refractivity contribution in [3.8, 4) is 5.75 Å². The van der Waals surface area contributed by atoms with Gasteiger partial charge >= 0.3 is 0 Å². The van der Waals surface area contributed by atoms with Gasteiger partial charge in [-0.25, -0.2) is 0 Å². The summed E-state index contributed by atoms with van der Waals surface area (Å²) >= 11 is 5.88. The summed E-state index contributed by atoms with van der Waals surface area (Å²) in [5.74, 6) is 0.345. The van der Waals surface area contributed by atoms with Crippen molar-refractivity contribution in [2.45, 2.75) is 0 Å². The summed E-state index contributed by atoms with van der Waals surface area (Å²) in [6.45, 7) is 1.73. The summed E-state index contributed by atoms with van der Waals surface area (Å²) in [6.07, 6.45) is 0. The summed E-state index contributed by atoms with van der Waals surface area (Å²) in [4.78, 5) is 16.9. The van der Waals surface area contributed by atoms with Gasteiger partial charge in [-0.2, -0.15) is 0 Å². The molecule has 0 atom stereocenters. The fourth-order valence-electron chi connectivity index (χ4n) is 2.42. The van der Waals surface area contributed by atoms with E-state index in [0.717, 1.165) is 18.8 Å². The molecular formula is C19H24ClN3O2. The molecule has 0 aromatic heterocycles. The highest BCUT2D eigenvalue weighted by molar-refractivity contribution is 6.30. The Bertz CT molecular complexity index is 717. The number of anilines is 2. The van der Waals surface area contributed by atoms with Crippen molar-refractivity contribution < 1.29 is 9.53 Å². The SMILES string of the molecule is COc1c(C(=O)Nc2ccc(Cl)cc2)cccc1N(C)CCN(C)C. The van der Waals surface area contributed by atoms with E-state index in [4.69, 9.17) is 16.3 Å². The second-order valence-corrected chi connectivity index (χ2v) is 6.48. The maximum absolute atomic E-state index is 12.7. The van der Waals surface area contributed by atoms with Crippen molar-refractivity contribution in [2.24, 2.45) is 0 Å². The Kier molecular flexibility index (Phi) is 6.67. The fourth-order valence-corrected chi connectivity index (χ4v) is 2.55. The Hall–Kier alpha value is -2.24. The second kappa shape index (κ2) is 8.74. The lowest BCUT2D eigenvalue weighted by molar-refractivity contribution is 0.102. The third kappa shape index (κ3) is 5.11. The number of nitrogens with zero attached hydrogens (tertiary/aromatic N) is 2. The van der Waals surface area contributed by atoms with Crippen LogP contribution in [0.3, 0.4) is 0 Å². The number of amides is 1. The first-order chi connectivity index (χ1) is 11.9. The zero-order valence-corrected chi connectivity index (χ0v) is 15.8. The Morgan fingerprint density at radius 3 is 2.36 bits per heavy atom. The van der Waals surface area contributed by atoms with Crippen LogP contribution in [0.5, 0.6) is 5.75 Å². The third-order valence-electron chi connectivity index (χ3n) is 3.84. The number of rotatable bonds is 7. The average molecular weight is 362 g/mol. The molecule has 0 heterocycles. The molecular weight excluding hydrogens is 338 g/mol. The molecule has 2 aromatic rings. The zero-order valence-electron chi connectivity index (χ0n) is 15.0. The maximum atomic E-state index is 12.7. The number of carbonyl (C=O) groups excluding carboxylic acids is 1.